The van der Waals surface area contributed by atoms with Crippen LogP contribution in [0.3, 0.4) is 0 Å². The van der Waals surface area contributed by atoms with Crippen molar-refractivity contribution in [2.75, 3.05) is 27.2 Å². The first-order valence-electron chi connectivity index (χ1n) is 6.09. The maximum Gasteiger partial charge on any atom is 0.174 e. The van der Waals surface area contributed by atoms with E-state index in [0.29, 0.717) is 6.04 Å². The van der Waals surface area contributed by atoms with E-state index in [1.807, 2.05) is 30.3 Å². The largest absolute Gasteiger partial charge is 0.479 e. The highest BCUT2D eigenvalue weighted by Crippen LogP contribution is 2.11. The fourth-order valence-electron chi connectivity index (χ4n) is 1.43. The molecule has 0 radical (unpaired) electrons. The van der Waals surface area contributed by atoms with E-state index < -0.39 is 0 Å². The molecule has 0 aliphatic heterocycles. The number of ether oxygens (including phenoxy) is 1. The van der Waals surface area contributed by atoms with Crippen molar-refractivity contribution in [2.24, 2.45) is 0 Å². The number of benzene rings is 1. The van der Waals surface area contributed by atoms with Gasteiger partial charge in [0.2, 0.25) is 0 Å². The quantitative estimate of drug-likeness (QED) is 0.795. The van der Waals surface area contributed by atoms with Crippen LogP contribution in [0.4, 0.5) is 0 Å². The van der Waals surface area contributed by atoms with Crippen molar-refractivity contribution in [3.63, 3.8) is 0 Å². The lowest BCUT2D eigenvalue weighted by Gasteiger charge is -2.20. The van der Waals surface area contributed by atoms with Crippen molar-refractivity contribution in [3.8, 4) is 11.8 Å². The highest BCUT2D eigenvalue weighted by atomic mass is 16.5. The van der Waals surface area contributed by atoms with Gasteiger partial charge >= 0.3 is 0 Å². The SMILES string of the molecule is CC(CNCc1ccc(OCC#N)cc1)N(C)C. The first-order valence-corrected chi connectivity index (χ1v) is 6.09. The van der Waals surface area contributed by atoms with Crippen LogP contribution in [-0.4, -0.2) is 38.2 Å². The molecule has 0 fully saturated rings. The summed E-state index contributed by atoms with van der Waals surface area (Å²) in [5.74, 6) is 0.738. The van der Waals surface area contributed by atoms with E-state index in [9.17, 15) is 0 Å². The Labute approximate surface area is 109 Å². The molecule has 4 heteroatoms. The molecular formula is C14H21N3O. The number of rotatable bonds is 7. The lowest BCUT2D eigenvalue weighted by atomic mass is 10.2. The lowest BCUT2D eigenvalue weighted by Crippen LogP contribution is -2.35. The Morgan fingerprint density at radius 2 is 2.00 bits per heavy atom. The summed E-state index contributed by atoms with van der Waals surface area (Å²) in [5, 5.41) is 11.8. The summed E-state index contributed by atoms with van der Waals surface area (Å²) in [7, 11) is 4.15. The molecule has 0 spiro atoms. The predicted molar refractivity (Wildman–Crippen MR) is 72.4 cm³/mol. The molecule has 0 heterocycles. The van der Waals surface area contributed by atoms with Crippen LogP contribution in [0.15, 0.2) is 24.3 Å². The zero-order valence-corrected chi connectivity index (χ0v) is 11.3. The zero-order valence-electron chi connectivity index (χ0n) is 11.3. The number of hydrogen-bond donors (Lipinski definition) is 1. The van der Waals surface area contributed by atoms with Gasteiger partial charge in [-0.15, -0.1) is 0 Å². The van der Waals surface area contributed by atoms with Crippen LogP contribution < -0.4 is 10.1 Å². The standard InChI is InChI=1S/C14H21N3O/c1-12(17(2)3)10-16-11-13-4-6-14(7-5-13)18-9-8-15/h4-7,12,16H,9-11H2,1-3H3. The third-order valence-electron chi connectivity index (χ3n) is 2.88. The van der Waals surface area contributed by atoms with Crippen molar-refractivity contribution < 1.29 is 4.74 Å². The van der Waals surface area contributed by atoms with Gasteiger partial charge in [0.05, 0.1) is 0 Å². The van der Waals surface area contributed by atoms with Gasteiger partial charge in [-0.05, 0) is 38.7 Å². The van der Waals surface area contributed by atoms with Gasteiger partial charge in [-0.25, -0.2) is 0 Å². The van der Waals surface area contributed by atoms with E-state index in [1.165, 1.54) is 5.56 Å². The highest BCUT2D eigenvalue weighted by Gasteiger charge is 2.03. The van der Waals surface area contributed by atoms with Crippen LogP contribution in [-0.2, 0) is 6.54 Å². The molecule has 4 nitrogen and oxygen atoms in total. The van der Waals surface area contributed by atoms with Gasteiger partial charge in [0, 0.05) is 19.1 Å². The molecule has 18 heavy (non-hydrogen) atoms. The molecule has 1 aromatic rings. The normalized spacial score (nSPS) is 12.2. The maximum atomic E-state index is 8.41. The van der Waals surface area contributed by atoms with Crippen molar-refractivity contribution >= 4 is 0 Å². The van der Waals surface area contributed by atoms with Gasteiger partial charge in [-0.3, -0.25) is 0 Å². The van der Waals surface area contributed by atoms with Crippen LogP contribution >= 0.6 is 0 Å². The summed E-state index contributed by atoms with van der Waals surface area (Å²) >= 11 is 0. The second-order valence-corrected chi connectivity index (χ2v) is 4.53. The summed E-state index contributed by atoms with van der Waals surface area (Å²) in [6, 6.07) is 10.3. The van der Waals surface area contributed by atoms with E-state index in [2.05, 4.69) is 31.2 Å². The molecule has 1 aromatic carbocycles. The molecule has 0 aliphatic rings. The van der Waals surface area contributed by atoms with Gasteiger partial charge < -0.3 is 15.0 Å². The molecule has 0 aliphatic carbocycles. The Morgan fingerprint density at radius 1 is 1.33 bits per heavy atom. The van der Waals surface area contributed by atoms with E-state index in [1.54, 1.807) is 0 Å². The predicted octanol–water partition coefficient (Wildman–Crippen LogP) is 1.63. The van der Waals surface area contributed by atoms with Crippen LogP contribution in [0.5, 0.6) is 5.75 Å². The minimum absolute atomic E-state index is 0.0952. The van der Waals surface area contributed by atoms with Crippen molar-refractivity contribution in [3.05, 3.63) is 29.8 Å². The summed E-state index contributed by atoms with van der Waals surface area (Å²) in [5.41, 5.74) is 1.21. The third-order valence-corrected chi connectivity index (χ3v) is 2.88. The summed E-state index contributed by atoms with van der Waals surface area (Å²) in [6.07, 6.45) is 0. The number of likely N-dealkylation sites (N-methyl/N-ethyl adjacent to an activating group) is 1. The third kappa shape index (κ3) is 5.17. The molecule has 0 saturated heterocycles. The van der Waals surface area contributed by atoms with Gasteiger partial charge in [-0.2, -0.15) is 5.26 Å². The number of nitrogens with one attached hydrogen (secondary N) is 1. The van der Waals surface area contributed by atoms with Crippen LogP contribution in [0.25, 0.3) is 0 Å². The lowest BCUT2D eigenvalue weighted by molar-refractivity contribution is 0.302. The van der Waals surface area contributed by atoms with E-state index in [4.69, 9.17) is 10.00 Å². The second-order valence-electron chi connectivity index (χ2n) is 4.53. The summed E-state index contributed by atoms with van der Waals surface area (Å²) in [4.78, 5) is 2.19. The fourth-order valence-corrected chi connectivity index (χ4v) is 1.43. The molecular weight excluding hydrogens is 226 g/mol. The van der Waals surface area contributed by atoms with Crippen LogP contribution in [0.2, 0.25) is 0 Å². The average molecular weight is 247 g/mol. The van der Waals surface area contributed by atoms with E-state index in [-0.39, 0.29) is 6.61 Å². The van der Waals surface area contributed by atoms with Gasteiger partial charge in [0.15, 0.2) is 6.61 Å². The summed E-state index contributed by atoms with van der Waals surface area (Å²) in [6.45, 7) is 4.08. The molecule has 1 unspecified atom stereocenters. The van der Waals surface area contributed by atoms with Gasteiger partial charge in [0.1, 0.15) is 11.8 Å². The van der Waals surface area contributed by atoms with Crippen molar-refractivity contribution in [2.45, 2.75) is 19.5 Å². The fraction of sp³-hybridized carbons (Fsp3) is 0.500. The van der Waals surface area contributed by atoms with Crippen molar-refractivity contribution in [1.29, 1.82) is 5.26 Å². The maximum absolute atomic E-state index is 8.41. The molecule has 0 aromatic heterocycles. The molecule has 1 atom stereocenters. The monoisotopic (exact) mass is 247 g/mol. The smallest absolute Gasteiger partial charge is 0.174 e. The Kier molecular flexibility index (Phi) is 6.20. The highest BCUT2D eigenvalue weighted by molar-refractivity contribution is 5.27. The van der Waals surface area contributed by atoms with Crippen LogP contribution in [0, 0.1) is 11.3 Å². The van der Waals surface area contributed by atoms with E-state index >= 15 is 0 Å². The molecule has 1 N–H and O–H groups in total. The number of nitrogens with zero attached hydrogens (tertiary/aromatic N) is 2. The van der Waals surface area contributed by atoms with Gasteiger partial charge in [0.25, 0.3) is 0 Å². The minimum Gasteiger partial charge on any atom is -0.479 e. The Bertz CT molecular complexity index is 381. The van der Waals surface area contributed by atoms with E-state index in [0.717, 1.165) is 18.8 Å². The zero-order chi connectivity index (χ0) is 13.4. The molecule has 98 valence electrons. The second kappa shape index (κ2) is 7.70. The first-order chi connectivity index (χ1) is 8.63. The molecule has 0 amide bonds. The molecule has 1 rings (SSSR count). The molecule has 0 bridgehead atoms. The topological polar surface area (TPSA) is 48.3 Å². The Balaban J connectivity index is 2.33. The summed E-state index contributed by atoms with van der Waals surface area (Å²) < 4.78 is 5.20. The van der Waals surface area contributed by atoms with Crippen molar-refractivity contribution in [1.82, 2.24) is 10.2 Å². The van der Waals surface area contributed by atoms with Crippen LogP contribution in [0.1, 0.15) is 12.5 Å². The number of nitriles is 1. The molecule has 0 saturated carbocycles. The van der Waals surface area contributed by atoms with Gasteiger partial charge in [-0.1, -0.05) is 12.1 Å². The minimum atomic E-state index is 0.0952. The number of hydrogen-bond acceptors (Lipinski definition) is 4. The Morgan fingerprint density at radius 3 is 2.56 bits per heavy atom. The average Bonchev–Trinajstić information content (AvgIpc) is 2.37. The Hall–Kier alpha value is -1.57. The first kappa shape index (κ1) is 14.5.